The largest absolute Gasteiger partial charge is 0.480 e. The number of carbonyl (C=O) groups is 1. The minimum atomic E-state index is -3.59. The highest BCUT2D eigenvalue weighted by Gasteiger charge is 2.29. The second-order valence-electron chi connectivity index (χ2n) is 7.27. The Labute approximate surface area is 134 Å². The molecule has 0 fully saturated rings. The van der Waals surface area contributed by atoms with Gasteiger partial charge in [-0.05, 0) is 39.5 Å². The van der Waals surface area contributed by atoms with Crippen LogP contribution in [0.15, 0.2) is 0 Å². The first-order valence-electron chi connectivity index (χ1n) is 7.62. The third-order valence-corrected chi connectivity index (χ3v) is 5.23. The SMILES string of the molecule is CC(C)CS(=O)(=O)N(CC(=O)O)C[C@@H](C)C(C)OC(C)(C)C. The van der Waals surface area contributed by atoms with Crippen molar-refractivity contribution in [3.8, 4) is 0 Å². The quantitative estimate of drug-likeness (QED) is 0.697. The van der Waals surface area contributed by atoms with Crippen LogP contribution in [0.3, 0.4) is 0 Å². The van der Waals surface area contributed by atoms with Gasteiger partial charge in [0.2, 0.25) is 10.0 Å². The van der Waals surface area contributed by atoms with Crippen molar-refractivity contribution in [3.63, 3.8) is 0 Å². The minimum absolute atomic E-state index is 0.0541. The molecule has 0 bridgehead atoms. The number of hydrogen-bond donors (Lipinski definition) is 1. The monoisotopic (exact) mass is 337 g/mol. The molecular weight excluding hydrogens is 306 g/mol. The fourth-order valence-corrected chi connectivity index (χ4v) is 3.92. The van der Waals surface area contributed by atoms with E-state index in [0.29, 0.717) is 0 Å². The van der Waals surface area contributed by atoms with Crippen molar-refractivity contribution in [1.29, 1.82) is 0 Å². The highest BCUT2D eigenvalue weighted by molar-refractivity contribution is 7.89. The van der Waals surface area contributed by atoms with Gasteiger partial charge in [0.05, 0.1) is 17.5 Å². The summed E-state index contributed by atoms with van der Waals surface area (Å²) in [6.45, 7) is 12.8. The predicted molar refractivity (Wildman–Crippen MR) is 87.3 cm³/mol. The molecule has 0 aliphatic rings. The van der Waals surface area contributed by atoms with Gasteiger partial charge in [0.15, 0.2) is 0 Å². The van der Waals surface area contributed by atoms with E-state index in [1.807, 2.05) is 34.6 Å². The van der Waals surface area contributed by atoms with E-state index in [4.69, 9.17) is 9.84 Å². The number of ether oxygens (including phenoxy) is 1. The van der Waals surface area contributed by atoms with E-state index >= 15 is 0 Å². The lowest BCUT2D eigenvalue weighted by Gasteiger charge is -2.32. The standard InChI is InChI=1S/C15H31NO5S/c1-11(2)10-22(19,20)16(9-14(17)18)8-12(3)13(4)21-15(5,6)7/h11-13H,8-10H2,1-7H3,(H,17,18)/t12-,13?/m1/s1. The Kier molecular flexibility index (Phi) is 8.02. The molecule has 0 rings (SSSR count). The van der Waals surface area contributed by atoms with Gasteiger partial charge < -0.3 is 9.84 Å². The van der Waals surface area contributed by atoms with E-state index in [-0.39, 0.29) is 35.8 Å². The van der Waals surface area contributed by atoms with Crippen LogP contribution in [-0.2, 0) is 19.6 Å². The van der Waals surface area contributed by atoms with Crippen molar-refractivity contribution >= 4 is 16.0 Å². The molecule has 0 aromatic heterocycles. The molecule has 0 aromatic rings. The summed E-state index contributed by atoms with van der Waals surface area (Å²) in [4.78, 5) is 11.0. The number of carboxylic acids is 1. The maximum Gasteiger partial charge on any atom is 0.318 e. The molecule has 7 heteroatoms. The Balaban J connectivity index is 5.03. The molecular formula is C15H31NO5S. The average molecular weight is 337 g/mol. The van der Waals surface area contributed by atoms with E-state index in [9.17, 15) is 13.2 Å². The van der Waals surface area contributed by atoms with Gasteiger partial charge in [-0.25, -0.2) is 8.42 Å². The Morgan fingerprint density at radius 3 is 2.05 bits per heavy atom. The van der Waals surface area contributed by atoms with Crippen molar-refractivity contribution in [1.82, 2.24) is 4.31 Å². The Bertz CT molecular complexity index is 453. The van der Waals surface area contributed by atoms with Crippen LogP contribution in [0.25, 0.3) is 0 Å². The number of rotatable bonds is 9. The van der Waals surface area contributed by atoms with Gasteiger partial charge in [-0.3, -0.25) is 4.79 Å². The van der Waals surface area contributed by atoms with E-state index < -0.39 is 22.5 Å². The second-order valence-corrected chi connectivity index (χ2v) is 9.28. The number of hydrogen-bond acceptors (Lipinski definition) is 4. The maximum atomic E-state index is 12.3. The van der Waals surface area contributed by atoms with Gasteiger partial charge in [0.1, 0.15) is 6.54 Å². The van der Waals surface area contributed by atoms with E-state index in [2.05, 4.69) is 0 Å². The molecule has 0 saturated carbocycles. The van der Waals surface area contributed by atoms with Crippen molar-refractivity contribution in [2.45, 2.75) is 60.2 Å². The highest BCUT2D eigenvalue weighted by atomic mass is 32.2. The molecule has 132 valence electrons. The van der Waals surface area contributed by atoms with Crippen molar-refractivity contribution < 1.29 is 23.1 Å². The number of aliphatic carboxylic acids is 1. The van der Waals surface area contributed by atoms with Crippen LogP contribution in [0, 0.1) is 11.8 Å². The lowest BCUT2D eigenvalue weighted by atomic mass is 10.0. The smallest absolute Gasteiger partial charge is 0.318 e. The van der Waals surface area contributed by atoms with Gasteiger partial charge in [0, 0.05) is 6.54 Å². The highest BCUT2D eigenvalue weighted by Crippen LogP contribution is 2.19. The maximum absolute atomic E-state index is 12.3. The lowest BCUT2D eigenvalue weighted by molar-refractivity contribution is -0.137. The van der Waals surface area contributed by atoms with Crippen LogP contribution in [0.5, 0.6) is 0 Å². The predicted octanol–water partition coefficient (Wildman–Crippen LogP) is 2.20. The summed E-state index contributed by atoms with van der Waals surface area (Å²) in [5.41, 5.74) is -0.331. The summed E-state index contributed by atoms with van der Waals surface area (Å²) >= 11 is 0. The molecule has 0 spiro atoms. The summed E-state index contributed by atoms with van der Waals surface area (Å²) in [6.07, 6.45) is -0.175. The molecule has 0 aromatic carbocycles. The van der Waals surface area contributed by atoms with Crippen molar-refractivity contribution in [2.24, 2.45) is 11.8 Å². The fourth-order valence-electron chi connectivity index (χ4n) is 2.10. The van der Waals surface area contributed by atoms with Crippen LogP contribution >= 0.6 is 0 Å². The van der Waals surface area contributed by atoms with Crippen LogP contribution in [0.4, 0.5) is 0 Å². The molecule has 0 heterocycles. The van der Waals surface area contributed by atoms with Gasteiger partial charge in [-0.15, -0.1) is 0 Å². The fraction of sp³-hybridized carbons (Fsp3) is 0.933. The van der Waals surface area contributed by atoms with Gasteiger partial charge >= 0.3 is 5.97 Å². The van der Waals surface area contributed by atoms with Gasteiger partial charge in [-0.2, -0.15) is 4.31 Å². The summed E-state index contributed by atoms with van der Waals surface area (Å²) in [6, 6.07) is 0. The van der Waals surface area contributed by atoms with Gasteiger partial charge in [-0.1, -0.05) is 20.8 Å². The zero-order valence-electron chi connectivity index (χ0n) is 14.8. The molecule has 0 amide bonds. The summed E-state index contributed by atoms with van der Waals surface area (Å²) < 4.78 is 31.6. The van der Waals surface area contributed by atoms with Crippen LogP contribution in [0.2, 0.25) is 0 Å². The molecule has 6 nitrogen and oxygen atoms in total. The number of nitrogens with zero attached hydrogens (tertiary/aromatic N) is 1. The first-order chi connectivity index (χ1) is 9.74. The van der Waals surface area contributed by atoms with E-state index in [1.54, 1.807) is 13.8 Å². The van der Waals surface area contributed by atoms with Crippen molar-refractivity contribution in [3.05, 3.63) is 0 Å². The Morgan fingerprint density at radius 2 is 1.68 bits per heavy atom. The summed E-state index contributed by atoms with van der Waals surface area (Å²) in [5, 5.41) is 8.98. The van der Waals surface area contributed by atoms with Crippen molar-refractivity contribution in [2.75, 3.05) is 18.8 Å². The summed E-state index contributed by atoms with van der Waals surface area (Å²) in [7, 11) is -3.59. The molecule has 2 atom stereocenters. The molecule has 0 radical (unpaired) electrons. The first kappa shape index (κ1) is 21.3. The third kappa shape index (κ3) is 8.70. The molecule has 0 aliphatic carbocycles. The number of carboxylic acid groups (broad SMARTS) is 1. The summed E-state index contributed by atoms with van der Waals surface area (Å²) in [5.74, 6) is -1.37. The van der Waals surface area contributed by atoms with Gasteiger partial charge in [0.25, 0.3) is 0 Å². The lowest BCUT2D eigenvalue weighted by Crippen LogP contribution is -2.43. The second kappa shape index (κ2) is 8.26. The van der Waals surface area contributed by atoms with E-state index in [0.717, 1.165) is 4.31 Å². The van der Waals surface area contributed by atoms with Crippen LogP contribution < -0.4 is 0 Å². The van der Waals surface area contributed by atoms with Crippen LogP contribution in [-0.4, -0.2) is 54.3 Å². The molecule has 0 aliphatic heterocycles. The Hall–Kier alpha value is -0.660. The van der Waals surface area contributed by atoms with E-state index in [1.165, 1.54) is 0 Å². The Morgan fingerprint density at radius 1 is 1.18 bits per heavy atom. The molecule has 1 N–H and O–H groups in total. The molecule has 0 saturated heterocycles. The first-order valence-corrected chi connectivity index (χ1v) is 9.23. The normalized spacial score (nSPS) is 16.0. The number of sulfonamides is 1. The topological polar surface area (TPSA) is 83.9 Å². The van der Waals surface area contributed by atoms with Crippen LogP contribution in [0.1, 0.15) is 48.5 Å². The zero-order chi connectivity index (χ0) is 17.7. The average Bonchev–Trinajstić information content (AvgIpc) is 2.22. The molecule has 1 unspecified atom stereocenters. The molecule has 22 heavy (non-hydrogen) atoms. The zero-order valence-corrected chi connectivity index (χ0v) is 15.6. The third-order valence-electron chi connectivity index (χ3n) is 3.08. The minimum Gasteiger partial charge on any atom is -0.480 e.